The molecule has 0 atom stereocenters. The highest BCUT2D eigenvalue weighted by atomic mass is 33.1. The van der Waals surface area contributed by atoms with Crippen LogP contribution in [0.5, 0.6) is 0 Å². The van der Waals surface area contributed by atoms with Gasteiger partial charge in [-0.15, -0.1) is 0 Å². The molecule has 1 rings (SSSR count). The molecule has 1 amide bonds. The summed E-state index contributed by atoms with van der Waals surface area (Å²) in [6, 6.07) is 9.74. The molecule has 0 fully saturated rings. The number of carbonyl (C=O) groups is 2. The largest absolute Gasteiger partial charge is 0.481 e. The molecule has 5 nitrogen and oxygen atoms in total. The standard InChI is InChI=1S/C14H20N2O3S2/c1-16(12-5-3-2-4-6-12)11-13(17)15-8-10-21-20-9-7-14(18)19/h2-6H,7-11H2,1H3,(H,15,17)(H,18,19). The van der Waals surface area contributed by atoms with E-state index in [9.17, 15) is 9.59 Å². The van der Waals surface area contributed by atoms with Crippen LogP contribution >= 0.6 is 21.6 Å². The number of carboxylic acids is 1. The Kier molecular flexibility index (Phi) is 8.77. The Morgan fingerprint density at radius 1 is 1.19 bits per heavy atom. The number of carboxylic acid groups (broad SMARTS) is 1. The van der Waals surface area contributed by atoms with Crippen LogP contribution in [0.1, 0.15) is 6.42 Å². The molecule has 1 aromatic rings. The van der Waals surface area contributed by atoms with E-state index in [2.05, 4.69) is 5.32 Å². The van der Waals surface area contributed by atoms with E-state index < -0.39 is 5.97 Å². The summed E-state index contributed by atoms with van der Waals surface area (Å²) in [5.41, 5.74) is 1.01. The summed E-state index contributed by atoms with van der Waals surface area (Å²) in [6.45, 7) is 0.910. The van der Waals surface area contributed by atoms with Crippen molar-refractivity contribution >= 4 is 39.2 Å². The molecule has 0 saturated heterocycles. The molecular weight excluding hydrogens is 308 g/mol. The maximum absolute atomic E-state index is 11.8. The lowest BCUT2D eigenvalue weighted by atomic mass is 10.3. The molecule has 0 saturated carbocycles. The van der Waals surface area contributed by atoms with Crippen molar-refractivity contribution in [2.24, 2.45) is 0 Å². The Balaban J connectivity index is 2.07. The fourth-order valence-electron chi connectivity index (χ4n) is 1.52. The van der Waals surface area contributed by atoms with Gasteiger partial charge in [0, 0.05) is 30.8 Å². The van der Waals surface area contributed by atoms with Gasteiger partial charge in [0.15, 0.2) is 0 Å². The zero-order chi connectivity index (χ0) is 15.5. The van der Waals surface area contributed by atoms with E-state index in [1.165, 1.54) is 10.8 Å². The van der Waals surface area contributed by atoms with Crippen molar-refractivity contribution in [1.29, 1.82) is 0 Å². The highest BCUT2D eigenvalue weighted by Crippen LogP contribution is 2.20. The summed E-state index contributed by atoms with van der Waals surface area (Å²) in [5, 5.41) is 11.3. The Labute approximate surface area is 132 Å². The van der Waals surface area contributed by atoms with Gasteiger partial charge >= 0.3 is 5.97 Å². The van der Waals surface area contributed by atoms with Crippen LogP contribution in [0, 0.1) is 0 Å². The van der Waals surface area contributed by atoms with Crippen molar-refractivity contribution < 1.29 is 14.7 Å². The lowest BCUT2D eigenvalue weighted by molar-refractivity contribution is -0.136. The van der Waals surface area contributed by atoms with Gasteiger partial charge in [-0.1, -0.05) is 39.8 Å². The molecule has 0 aromatic heterocycles. The number of para-hydroxylation sites is 1. The molecule has 21 heavy (non-hydrogen) atoms. The Hall–Kier alpha value is -1.34. The van der Waals surface area contributed by atoms with Gasteiger partial charge < -0.3 is 15.3 Å². The summed E-state index contributed by atoms with van der Waals surface area (Å²) in [7, 11) is 4.98. The van der Waals surface area contributed by atoms with Gasteiger partial charge in [-0.05, 0) is 12.1 Å². The first kappa shape index (κ1) is 17.7. The third-order valence-electron chi connectivity index (χ3n) is 2.57. The zero-order valence-corrected chi connectivity index (χ0v) is 13.6. The molecule has 7 heteroatoms. The van der Waals surface area contributed by atoms with E-state index in [1.807, 2.05) is 42.3 Å². The fourth-order valence-corrected chi connectivity index (χ4v) is 3.41. The number of nitrogens with zero attached hydrogens (tertiary/aromatic N) is 1. The van der Waals surface area contributed by atoms with Crippen LogP contribution in [0.25, 0.3) is 0 Å². The van der Waals surface area contributed by atoms with Crippen molar-refractivity contribution in [3.63, 3.8) is 0 Å². The molecule has 1 aromatic carbocycles. The normalized spacial score (nSPS) is 10.1. The second kappa shape index (κ2) is 10.4. The first-order chi connectivity index (χ1) is 10.1. The topological polar surface area (TPSA) is 69.6 Å². The minimum absolute atomic E-state index is 0.0162. The number of benzene rings is 1. The number of rotatable bonds is 10. The lowest BCUT2D eigenvalue weighted by Gasteiger charge is -2.18. The van der Waals surface area contributed by atoms with Gasteiger partial charge in [-0.25, -0.2) is 0 Å². The van der Waals surface area contributed by atoms with E-state index in [4.69, 9.17) is 5.11 Å². The molecule has 0 unspecified atom stereocenters. The van der Waals surface area contributed by atoms with Crippen LogP contribution < -0.4 is 10.2 Å². The maximum Gasteiger partial charge on any atom is 0.304 e. The Bertz CT molecular complexity index is 443. The fraction of sp³-hybridized carbons (Fsp3) is 0.429. The quantitative estimate of drug-likeness (QED) is 0.506. The summed E-state index contributed by atoms with van der Waals surface area (Å²) < 4.78 is 0. The van der Waals surface area contributed by atoms with Crippen molar-refractivity contribution in [1.82, 2.24) is 5.32 Å². The van der Waals surface area contributed by atoms with Crippen LogP contribution in [0.2, 0.25) is 0 Å². The monoisotopic (exact) mass is 328 g/mol. The predicted molar refractivity (Wildman–Crippen MR) is 89.9 cm³/mol. The van der Waals surface area contributed by atoms with E-state index >= 15 is 0 Å². The van der Waals surface area contributed by atoms with E-state index in [1.54, 1.807) is 10.8 Å². The van der Waals surface area contributed by atoms with Gasteiger partial charge in [0.2, 0.25) is 5.91 Å². The maximum atomic E-state index is 11.8. The molecule has 0 aliphatic carbocycles. The number of aliphatic carboxylic acids is 1. The average molecular weight is 328 g/mol. The van der Waals surface area contributed by atoms with Gasteiger partial charge in [0.05, 0.1) is 13.0 Å². The summed E-state index contributed by atoms with van der Waals surface area (Å²) >= 11 is 0. The molecule has 0 bridgehead atoms. The van der Waals surface area contributed by atoms with Crippen LogP contribution in [0.3, 0.4) is 0 Å². The minimum Gasteiger partial charge on any atom is -0.481 e. The number of amides is 1. The Morgan fingerprint density at radius 2 is 1.86 bits per heavy atom. The zero-order valence-electron chi connectivity index (χ0n) is 11.9. The third kappa shape index (κ3) is 8.52. The van der Waals surface area contributed by atoms with Crippen LogP contribution in [-0.4, -0.2) is 48.6 Å². The van der Waals surface area contributed by atoms with Gasteiger partial charge in [-0.2, -0.15) is 0 Å². The SMILES string of the molecule is CN(CC(=O)NCCSSCCC(=O)O)c1ccccc1. The lowest BCUT2D eigenvalue weighted by Crippen LogP contribution is -2.36. The number of anilines is 1. The molecule has 0 heterocycles. The first-order valence-electron chi connectivity index (χ1n) is 6.58. The van der Waals surface area contributed by atoms with Gasteiger partial charge in [0.1, 0.15) is 0 Å². The van der Waals surface area contributed by atoms with Crippen LogP contribution in [0.15, 0.2) is 30.3 Å². The first-order valence-corrected chi connectivity index (χ1v) is 9.07. The van der Waals surface area contributed by atoms with Crippen LogP contribution in [0.4, 0.5) is 5.69 Å². The molecule has 2 N–H and O–H groups in total. The van der Waals surface area contributed by atoms with E-state index in [0.29, 0.717) is 18.8 Å². The number of hydrogen-bond acceptors (Lipinski definition) is 5. The molecule has 0 aliphatic rings. The summed E-state index contributed by atoms with van der Waals surface area (Å²) in [5.74, 6) is 0.563. The number of hydrogen-bond donors (Lipinski definition) is 2. The molecule has 0 aliphatic heterocycles. The molecule has 0 radical (unpaired) electrons. The van der Waals surface area contributed by atoms with Crippen LogP contribution in [-0.2, 0) is 9.59 Å². The summed E-state index contributed by atoms with van der Waals surface area (Å²) in [4.78, 5) is 24.0. The average Bonchev–Trinajstić information content (AvgIpc) is 2.46. The minimum atomic E-state index is -0.777. The molecule has 0 spiro atoms. The second-order valence-electron chi connectivity index (χ2n) is 4.33. The van der Waals surface area contributed by atoms with Gasteiger partial charge in [-0.3, -0.25) is 9.59 Å². The van der Waals surface area contributed by atoms with Crippen molar-refractivity contribution in [2.75, 3.05) is 36.5 Å². The van der Waals surface area contributed by atoms with Crippen molar-refractivity contribution in [2.45, 2.75) is 6.42 Å². The Morgan fingerprint density at radius 3 is 2.52 bits per heavy atom. The molecular formula is C14H20N2O3S2. The number of likely N-dealkylation sites (N-methyl/N-ethyl adjacent to an activating group) is 1. The van der Waals surface area contributed by atoms with Gasteiger partial charge in [0.25, 0.3) is 0 Å². The summed E-state index contributed by atoms with van der Waals surface area (Å²) in [6.07, 6.45) is 0.173. The smallest absolute Gasteiger partial charge is 0.304 e. The highest BCUT2D eigenvalue weighted by molar-refractivity contribution is 8.76. The van der Waals surface area contributed by atoms with Crippen molar-refractivity contribution in [3.8, 4) is 0 Å². The number of carbonyl (C=O) groups excluding carboxylic acids is 1. The highest BCUT2D eigenvalue weighted by Gasteiger charge is 2.06. The third-order valence-corrected chi connectivity index (χ3v) is 4.98. The predicted octanol–water partition coefficient (Wildman–Crippen LogP) is 2.10. The molecule has 116 valence electrons. The van der Waals surface area contributed by atoms with E-state index in [-0.39, 0.29) is 12.3 Å². The second-order valence-corrected chi connectivity index (χ2v) is 7.03. The number of nitrogens with one attached hydrogen (secondary N) is 1. The van der Waals surface area contributed by atoms with E-state index in [0.717, 1.165) is 11.4 Å². The van der Waals surface area contributed by atoms with Crippen molar-refractivity contribution in [3.05, 3.63) is 30.3 Å².